The molecule has 17 heavy (non-hydrogen) atoms. The fraction of sp³-hybridized carbons (Fsp3) is 0.133. The van der Waals surface area contributed by atoms with Gasteiger partial charge in [-0.15, -0.1) is 0 Å². The van der Waals surface area contributed by atoms with Crippen LogP contribution in [-0.2, 0) is 12.8 Å². The highest BCUT2D eigenvalue weighted by atomic mass is 16.3. The minimum absolute atomic E-state index is 0.290. The van der Waals surface area contributed by atoms with Crippen LogP contribution in [0, 0.1) is 11.3 Å². The summed E-state index contributed by atoms with van der Waals surface area (Å²) in [6, 6.07) is 17.4. The molecule has 0 aliphatic carbocycles. The number of rotatable bonds is 3. The molecular weight excluding hydrogens is 210 g/mol. The van der Waals surface area contributed by atoms with E-state index in [-0.39, 0.29) is 5.75 Å². The van der Waals surface area contributed by atoms with E-state index in [9.17, 15) is 5.11 Å². The van der Waals surface area contributed by atoms with E-state index in [2.05, 4.69) is 6.07 Å². The lowest BCUT2D eigenvalue weighted by atomic mass is 10.0. The molecule has 2 aromatic carbocycles. The summed E-state index contributed by atoms with van der Waals surface area (Å²) in [4.78, 5) is 0. The van der Waals surface area contributed by atoms with Crippen LogP contribution in [0.5, 0.6) is 5.75 Å². The van der Waals surface area contributed by atoms with Gasteiger partial charge < -0.3 is 5.11 Å². The molecule has 1 N–H and O–H groups in total. The van der Waals surface area contributed by atoms with Crippen LogP contribution < -0.4 is 0 Å². The molecule has 0 heterocycles. The lowest BCUT2D eigenvalue weighted by molar-refractivity contribution is 0.475. The van der Waals surface area contributed by atoms with Gasteiger partial charge in [0.25, 0.3) is 0 Å². The minimum Gasteiger partial charge on any atom is -0.508 e. The Balaban J connectivity index is 2.09. The molecule has 0 spiro atoms. The number of hydrogen-bond donors (Lipinski definition) is 1. The van der Waals surface area contributed by atoms with Crippen LogP contribution in [0.15, 0.2) is 48.5 Å². The summed E-state index contributed by atoms with van der Waals surface area (Å²) in [5.74, 6) is 0.290. The van der Waals surface area contributed by atoms with Crippen molar-refractivity contribution in [3.8, 4) is 11.8 Å². The summed E-state index contributed by atoms with van der Waals surface area (Å²) in [6.45, 7) is 0. The van der Waals surface area contributed by atoms with Crippen LogP contribution >= 0.6 is 0 Å². The van der Waals surface area contributed by atoms with Crippen LogP contribution in [-0.4, -0.2) is 5.11 Å². The van der Waals surface area contributed by atoms with E-state index in [4.69, 9.17) is 5.26 Å². The minimum atomic E-state index is 0.290. The van der Waals surface area contributed by atoms with Crippen molar-refractivity contribution < 1.29 is 5.11 Å². The predicted octanol–water partition coefficient (Wildman–Crippen LogP) is 3.05. The average molecular weight is 223 g/mol. The third-order valence-corrected chi connectivity index (χ3v) is 2.65. The standard InChI is InChI=1S/C15H13NO/c16-10-9-12-1-3-13(4-2-12)11-14-5-7-15(17)8-6-14/h1-8,17H,9,11H2. The Morgan fingerprint density at radius 2 is 1.29 bits per heavy atom. The van der Waals surface area contributed by atoms with Gasteiger partial charge in [-0.3, -0.25) is 0 Å². The van der Waals surface area contributed by atoms with Crippen molar-refractivity contribution in [1.29, 1.82) is 5.26 Å². The van der Waals surface area contributed by atoms with E-state index in [0.717, 1.165) is 17.5 Å². The Morgan fingerprint density at radius 1 is 0.824 bits per heavy atom. The zero-order chi connectivity index (χ0) is 12.1. The highest BCUT2D eigenvalue weighted by Gasteiger charge is 1.97. The first-order valence-corrected chi connectivity index (χ1v) is 5.50. The molecule has 84 valence electrons. The molecule has 0 aliphatic heterocycles. The molecule has 0 bridgehead atoms. The number of benzene rings is 2. The second kappa shape index (κ2) is 5.18. The molecule has 0 unspecified atom stereocenters. The van der Waals surface area contributed by atoms with Gasteiger partial charge in [-0.2, -0.15) is 5.26 Å². The Kier molecular flexibility index (Phi) is 3.42. The monoisotopic (exact) mass is 223 g/mol. The highest BCUT2D eigenvalue weighted by molar-refractivity contribution is 5.32. The van der Waals surface area contributed by atoms with Gasteiger partial charge in [0.1, 0.15) is 5.75 Å². The Hall–Kier alpha value is -2.27. The molecule has 2 aromatic rings. The largest absolute Gasteiger partial charge is 0.508 e. The first-order chi connectivity index (χ1) is 8.28. The average Bonchev–Trinajstić information content (AvgIpc) is 2.35. The van der Waals surface area contributed by atoms with Crippen molar-refractivity contribution in [3.63, 3.8) is 0 Å². The smallest absolute Gasteiger partial charge is 0.115 e. The fourth-order valence-electron chi connectivity index (χ4n) is 1.72. The normalized spacial score (nSPS) is 9.82. The van der Waals surface area contributed by atoms with Crippen LogP contribution in [0.1, 0.15) is 16.7 Å². The van der Waals surface area contributed by atoms with Gasteiger partial charge >= 0.3 is 0 Å². The van der Waals surface area contributed by atoms with Gasteiger partial charge in [0, 0.05) is 0 Å². The Labute approximate surface area is 101 Å². The zero-order valence-corrected chi connectivity index (χ0v) is 9.43. The van der Waals surface area contributed by atoms with Crippen LogP contribution in [0.4, 0.5) is 0 Å². The highest BCUT2D eigenvalue weighted by Crippen LogP contribution is 2.14. The number of nitriles is 1. The van der Waals surface area contributed by atoms with Gasteiger partial charge in [0.05, 0.1) is 12.5 Å². The summed E-state index contributed by atoms with van der Waals surface area (Å²) >= 11 is 0. The molecule has 0 amide bonds. The molecule has 2 heteroatoms. The summed E-state index contributed by atoms with van der Waals surface area (Å²) in [5, 5.41) is 17.8. The molecule has 2 rings (SSSR count). The van der Waals surface area contributed by atoms with Gasteiger partial charge in [-0.05, 0) is 35.2 Å². The van der Waals surface area contributed by atoms with E-state index in [1.54, 1.807) is 12.1 Å². The molecule has 0 aliphatic rings. The van der Waals surface area contributed by atoms with E-state index < -0.39 is 0 Å². The van der Waals surface area contributed by atoms with E-state index >= 15 is 0 Å². The maximum Gasteiger partial charge on any atom is 0.115 e. The van der Waals surface area contributed by atoms with Crippen LogP contribution in [0.2, 0.25) is 0 Å². The fourth-order valence-corrected chi connectivity index (χ4v) is 1.72. The Morgan fingerprint density at radius 3 is 1.82 bits per heavy atom. The second-order valence-corrected chi connectivity index (χ2v) is 3.99. The van der Waals surface area contributed by atoms with Crippen LogP contribution in [0.25, 0.3) is 0 Å². The van der Waals surface area contributed by atoms with Crippen molar-refractivity contribution in [3.05, 3.63) is 65.2 Å². The molecule has 0 aromatic heterocycles. The first-order valence-electron chi connectivity index (χ1n) is 5.50. The summed E-state index contributed by atoms with van der Waals surface area (Å²) in [5.41, 5.74) is 3.41. The molecule has 0 atom stereocenters. The van der Waals surface area contributed by atoms with Gasteiger partial charge in [0.15, 0.2) is 0 Å². The van der Waals surface area contributed by atoms with Crippen molar-refractivity contribution in [2.45, 2.75) is 12.8 Å². The SMILES string of the molecule is N#CCc1ccc(Cc2ccc(O)cc2)cc1. The quantitative estimate of drug-likeness (QED) is 0.869. The van der Waals surface area contributed by atoms with Crippen LogP contribution in [0.3, 0.4) is 0 Å². The van der Waals surface area contributed by atoms with Crippen molar-refractivity contribution in [2.75, 3.05) is 0 Å². The van der Waals surface area contributed by atoms with Gasteiger partial charge in [-0.1, -0.05) is 36.4 Å². The number of aromatic hydroxyl groups is 1. The molecule has 2 nitrogen and oxygen atoms in total. The zero-order valence-electron chi connectivity index (χ0n) is 9.43. The summed E-state index contributed by atoms with van der Waals surface area (Å²) in [7, 11) is 0. The molecule has 0 saturated carbocycles. The number of hydrogen-bond acceptors (Lipinski definition) is 2. The van der Waals surface area contributed by atoms with Gasteiger partial charge in [0.2, 0.25) is 0 Å². The van der Waals surface area contributed by atoms with Crippen molar-refractivity contribution in [2.24, 2.45) is 0 Å². The van der Waals surface area contributed by atoms with E-state index in [1.165, 1.54) is 5.56 Å². The van der Waals surface area contributed by atoms with Gasteiger partial charge in [-0.25, -0.2) is 0 Å². The topological polar surface area (TPSA) is 44.0 Å². The lowest BCUT2D eigenvalue weighted by Gasteiger charge is -2.03. The van der Waals surface area contributed by atoms with Crippen molar-refractivity contribution in [1.82, 2.24) is 0 Å². The molecule has 0 radical (unpaired) electrons. The maximum atomic E-state index is 9.19. The number of phenolic OH excluding ortho intramolecular Hbond substituents is 1. The molecular formula is C15H13NO. The summed E-state index contributed by atoms with van der Waals surface area (Å²) in [6.07, 6.45) is 1.30. The Bertz CT molecular complexity index is 520. The van der Waals surface area contributed by atoms with E-state index in [0.29, 0.717) is 6.42 Å². The second-order valence-electron chi connectivity index (χ2n) is 3.99. The maximum absolute atomic E-state index is 9.19. The number of nitrogens with zero attached hydrogens (tertiary/aromatic N) is 1. The third-order valence-electron chi connectivity index (χ3n) is 2.65. The first kappa shape index (κ1) is 11.2. The molecule has 0 fully saturated rings. The summed E-state index contributed by atoms with van der Waals surface area (Å²) < 4.78 is 0. The third kappa shape index (κ3) is 3.09. The van der Waals surface area contributed by atoms with E-state index in [1.807, 2.05) is 36.4 Å². The van der Waals surface area contributed by atoms with Crippen molar-refractivity contribution >= 4 is 0 Å². The number of phenols is 1. The predicted molar refractivity (Wildman–Crippen MR) is 66.7 cm³/mol. The molecule has 0 saturated heterocycles. The lowest BCUT2D eigenvalue weighted by Crippen LogP contribution is -1.89.